The number of phenolic OH excluding ortho intramolecular Hbond substituents is 1. The molecule has 1 aromatic heterocycles. The number of nitrogens with one attached hydrogen (secondary N) is 1. The van der Waals surface area contributed by atoms with Gasteiger partial charge in [0.1, 0.15) is 5.75 Å². The molecule has 0 saturated carbocycles. The normalized spacial score (nSPS) is 12.4. The Hall–Kier alpha value is -1.48. The molecule has 0 aliphatic carbocycles. The maximum atomic E-state index is 9.33. The zero-order chi connectivity index (χ0) is 11.5. The summed E-state index contributed by atoms with van der Waals surface area (Å²) in [5, 5.41) is 17.0. The largest absolute Gasteiger partial charge is 0.508 e. The molecule has 0 fully saturated rings. The quantitative estimate of drug-likeness (QED) is 0.787. The second-order valence-electron chi connectivity index (χ2n) is 3.92. The van der Waals surface area contributed by atoms with Crippen molar-refractivity contribution in [3.63, 3.8) is 0 Å². The second-order valence-corrected chi connectivity index (χ2v) is 4.70. The molecule has 2 rings (SSSR count). The number of hydrogen-bond donors (Lipinski definition) is 2. The van der Waals surface area contributed by atoms with E-state index >= 15 is 0 Å². The first-order valence-corrected chi connectivity index (χ1v) is 6.19. The molecule has 84 valence electrons. The zero-order valence-corrected chi connectivity index (χ0v) is 10.2. The number of aromatic hydroxyl groups is 1. The molecule has 1 heterocycles. The first-order valence-electron chi connectivity index (χ1n) is 5.25. The van der Waals surface area contributed by atoms with Crippen molar-refractivity contribution in [2.24, 2.45) is 0 Å². The van der Waals surface area contributed by atoms with Crippen LogP contribution < -0.4 is 5.32 Å². The fourth-order valence-corrected chi connectivity index (χ4v) is 2.40. The highest BCUT2D eigenvalue weighted by molar-refractivity contribution is 7.07. The van der Waals surface area contributed by atoms with Crippen LogP contribution in [0.5, 0.6) is 5.75 Å². The summed E-state index contributed by atoms with van der Waals surface area (Å²) in [4.78, 5) is 0. The summed E-state index contributed by atoms with van der Waals surface area (Å²) >= 11 is 1.71. The third kappa shape index (κ3) is 2.36. The summed E-state index contributed by atoms with van der Waals surface area (Å²) in [6, 6.07) is 7.79. The lowest BCUT2D eigenvalue weighted by atomic mass is 10.1. The van der Waals surface area contributed by atoms with Crippen LogP contribution in [0, 0.1) is 6.92 Å². The average molecular weight is 233 g/mol. The van der Waals surface area contributed by atoms with E-state index in [4.69, 9.17) is 0 Å². The Bertz CT molecular complexity index is 465. The molecule has 3 heteroatoms. The van der Waals surface area contributed by atoms with Crippen molar-refractivity contribution in [2.45, 2.75) is 19.9 Å². The molecular weight excluding hydrogens is 218 g/mol. The van der Waals surface area contributed by atoms with Crippen LogP contribution in [0.25, 0.3) is 0 Å². The molecular formula is C13H15NOS. The molecule has 0 radical (unpaired) electrons. The van der Waals surface area contributed by atoms with Crippen LogP contribution in [0.2, 0.25) is 0 Å². The van der Waals surface area contributed by atoms with Gasteiger partial charge >= 0.3 is 0 Å². The lowest BCUT2D eigenvalue weighted by Gasteiger charge is -2.16. The Morgan fingerprint density at radius 2 is 2.12 bits per heavy atom. The van der Waals surface area contributed by atoms with Crippen LogP contribution in [-0.2, 0) is 0 Å². The number of thiophene rings is 1. The van der Waals surface area contributed by atoms with E-state index in [2.05, 4.69) is 29.1 Å². The maximum absolute atomic E-state index is 9.33. The number of hydrogen-bond acceptors (Lipinski definition) is 3. The molecule has 0 aliphatic rings. The van der Waals surface area contributed by atoms with Crippen LogP contribution in [0.15, 0.2) is 35.0 Å². The number of aryl methyl sites for hydroxylation is 1. The van der Waals surface area contributed by atoms with E-state index in [0.717, 1.165) is 11.3 Å². The van der Waals surface area contributed by atoms with Crippen LogP contribution >= 0.6 is 11.3 Å². The van der Waals surface area contributed by atoms with E-state index < -0.39 is 0 Å². The standard InChI is InChI=1S/C13H15NOS/c1-9-7-12(15)3-4-13(9)14-10(2)11-5-6-16-8-11/h3-8,10,14-15H,1-2H3. The smallest absolute Gasteiger partial charge is 0.115 e. The Balaban J connectivity index is 2.15. The van der Waals surface area contributed by atoms with Gasteiger partial charge in [0.15, 0.2) is 0 Å². The van der Waals surface area contributed by atoms with Gasteiger partial charge in [0.25, 0.3) is 0 Å². The molecule has 0 spiro atoms. The van der Waals surface area contributed by atoms with E-state index in [1.165, 1.54) is 5.56 Å². The number of rotatable bonds is 3. The van der Waals surface area contributed by atoms with Crippen molar-refractivity contribution < 1.29 is 5.11 Å². The number of anilines is 1. The molecule has 2 nitrogen and oxygen atoms in total. The fraction of sp³-hybridized carbons (Fsp3) is 0.231. The topological polar surface area (TPSA) is 32.3 Å². The predicted molar refractivity (Wildman–Crippen MR) is 69.2 cm³/mol. The van der Waals surface area contributed by atoms with Crippen LogP contribution in [0.4, 0.5) is 5.69 Å². The molecule has 1 unspecified atom stereocenters. The van der Waals surface area contributed by atoms with Crippen molar-refractivity contribution in [1.82, 2.24) is 0 Å². The highest BCUT2D eigenvalue weighted by Crippen LogP contribution is 2.25. The number of phenols is 1. The van der Waals surface area contributed by atoms with E-state index in [9.17, 15) is 5.11 Å². The highest BCUT2D eigenvalue weighted by atomic mass is 32.1. The van der Waals surface area contributed by atoms with Gasteiger partial charge in [-0.25, -0.2) is 0 Å². The van der Waals surface area contributed by atoms with Gasteiger partial charge in [0.2, 0.25) is 0 Å². The summed E-state index contributed by atoms with van der Waals surface area (Å²) < 4.78 is 0. The van der Waals surface area contributed by atoms with Gasteiger partial charge in [-0.05, 0) is 60.0 Å². The van der Waals surface area contributed by atoms with Crippen molar-refractivity contribution in [3.05, 3.63) is 46.2 Å². The summed E-state index contributed by atoms with van der Waals surface area (Å²) in [5.74, 6) is 0.311. The number of benzene rings is 1. The highest BCUT2D eigenvalue weighted by Gasteiger charge is 2.07. The lowest BCUT2D eigenvalue weighted by molar-refractivity contribution is 0.475. The molecule has 1 atom stereocenters. The third-order valence-electron chi connectivity index (χ3n) is 2.63. The lowest BCUT2D eigenvalue weighted by Crippen LogP contribution is -2.06. The Kier molecular flexibility index (Phi) is 3.15. The molecule has 0 aliphatic heterocycles. The van der Waals surface area contributed by atoms with Crippen LogP contribution in [0.3, 0.4) is 0 Å². The van der Waals surface area contributed by atoms with E-state index in [1.807, 2.05) is 13.0 Å². The van der Waals surface area contributed by atoms with E-state index in [-0.39, 0.29) is 6.04 Å². The van der Waals surface area contributed by atoms with Gasteiger partial charge in [-0.1, -0.05) is 0 Å². The van der Waals surface area contributed by atoms with E-state index in [0.29, 0.717) is 5.75 Å². The molecule has 1 aromatic carbocycles. The zero-order valence-electron chi connectivity index (χ0n) is 9.40. The Labute approximate surface area is 99.6 Å². The van der Waals surface area contributed by atoms with Crippen LogP contribution in [0.1, 0.15) is 24.1 Å². The molecule has 16 heavy (non-hydrogen) atoms. The summed E-state index contributed by atoms with van der Waals surface area (Å²) in [6.45, 7) is 4.12. The second kappa shape index (κ2) is 4.58. The summed E-state index contributed by atoms with van der Waals surface area (Å²) in [5.41, 5.74) is 3.41. The SMILES string of the molecule is Cc1cc(O)ccc1NC(C)c1ccsc1. The minimum atomic E-state index is 0.287. The summed E-state index contributed by atoms with van der Waals surface area (Å²) in [7, 11) is 0. The molecule has 2 N–H and O–H groups in total. The molecule has 2 aromatic rings. The minimum Gasteiger partial charge on any atom is -0.508 e. The third-order valence-corrected chi connectivity index (χ3v) is 3.33. The van der Waals surface area contributed by atoms with Gasteiger partial charge < -0.3 is 10.4 Å². The van der Waals surface area contributed by atoms with Gasteiger partial charge in [-0.15, -0.1) is 0 Å². The van der Waals surface area contributed by atoms with Gasteiger partial charge in [0.05, 0.1) is 0 Å². The monoisotopic (exact) mass is 233 g/mol. The van der Waals surface area contributed by atoms with Gasteiger partial charge in [-0.2, -0.15) is 11.3 Å². The first kappa shape index (κ1) is 11.0. The van der Waals surface area contributed by atoms with Crippen LogP contribution in [-0.4, -0.2) is 5.11 Å². The maximum Gasteiger partial charge on any atom is 0.115 e. The summed E-state index contributed by atoms with van der Waals surface area (Å²) in [6.07, 6.45) is 0. The van der Waals surface area contributed by atoms with Crippen molar-refractivity contribution in [1.29, 1.82) is 0 Å². The first-order chi connectivity index (χ1) is 7.66. The average Bonchev–Trinajstić information content (AvgIpc) is 2.75. The van der Waals surface area contributed by atoms with Crippen molar-refractivity contribution in [2.75, 3.05) is 5.32 Å². The Morgan fingerprint density at radius 3 is 2.75 bits per heavy atom. The molecule has 0 amide bonds. The minimum absolute atomic E-state index is 0.287. The predicted octanol–water partition coefficient (Wildman–Crippen LogP) is 3.94. The van der Waals surface area contributed by atoms with Gasteiger partial charge in [-0.3, -0.25) is 0 Å². The molecule has 0 saturated heterocycles. The van der Waals surface area contributed by atoms with Crippen molar-refractivity contribution >= 4 is 17.0 Å². The van der Waals surface area contributed by atoms with E-state index in [1.54, 1.807) is 23.5 Å². The van der Waals surface area contributed by atoms with Crippen molar-refractivity contribution in [3.8, 4) is 5.75 Å². The Morgan fingerprint density at radius 1 is 1.31 bits per heavy atom. The fourth-order valence-electron chi connectivity index (χ4n) is 1.65. The molecule has 0 bridgehead atoms. The van der Waals surface area contributed by atoms with Gasteiger partial charge in [0, 0.05) is 11.7 Å².